The number of pyridine rings is 1. The number of rotatable bonds is 4. The second kappa shape index (κ2) is 8.54. The molecule has 2 aromatic carbocycles. The number of likely N-dealkylation sites (tertiary alicyclic amines) is 1. The van der Waals surface area contributed by atoms with E-state index in [9.17, 15) is 14.7 Å². The van der Waals surface area contributed by atoms with Gasteiger partial charge in [-0.2, -0.15) is 0 Å². The molecule has 1 N–H and O–H groups in total. The fourth-order valence-corrected chi connectivity index (χ4v) is 6.01. The summed E-state index contributed by atoms with van der Waals surface area (Å²) in [6.07, 6.45) is 1.58. The summed E-state index contributed by atoms with van der Waals surface area (Å²) < 4.78 is 7.80. The average Bonchev–Trinajstić information content (AvgIpc) is 2.85. The van der Waals surface area contributed by atoms with Crippen molar-refractivity contribution < 1.29 is 9.52 Å². The number of piperidine rings is 1. The Morgan fingerprint density at radius 3 is 2.60 bits per heavy atom. The molecule has 178 valence electrons. The number of nitrogens with zero attached hydrogens (tertiary/aromatic N) is 2. The van der Waals surface area contributed by atoms with Gasteiger partial charge < -0.3 is 14.1 Å². The lowest BCUT2D eigenvalue weighted by atomic mass is 9.83. The molecule has 4 heterocycles. The molecule has 6 rings (SSSR count). The highest BCUT2D eigenvalue weighted by molar-refractivity contribution is 5.85. The van der Waals surface area contributed by atoms with Crippen molar-refractivity contribution in [2.75, 3.05) is 13.1 Å². The second-order valence-corrected chi connectivity index (χ2v) is 9.99. The van der Waals surface area contributed by atoms with E-state index in [1.54, 1.807) is 12.1 Å². The highest BCUT2D eigenvalue weighted by Gasteiger charge is 2.35. The van der Waals surface area contributed by atoms with Gasteiger partial charge in [-0.1, -0.05) is 36.4 Å². The minimum atomic E-state index is -0.352. The fraction of sp³-hybridized carbons (Fsp3) is 0.310. The predicted molar refractivity (Wildman–Crippen MR) is 135 cm³/mol. The highest BCUT2D eigenvalue weighted by atomic mass is 16.4. The van der Waals surface area contributed by atoms with Crippen molar-refractivity contribution in [3.63, 3.8) is 0 Å². The highest BCUT2D eigenvalue weighted by Crippen LogP contribution is 2.37. The molecule has 2 atom stereocenters. The lowest BCUT2D eigenvalue weighted by Crippen LogP contribution is -2.46. The summed E-state index contributed by atoms with van der Waals surface area (Å²) in [4.78, 5) is 27.7. The molecule has 4 aromatic rings. The van der Waals surface area contributed by atoms with Crippen LogP contribution in [0.15, 0.2) is 74.7 Å². The molecule has 0 aliphatic carbocycles. The molecule has 1 fully saturated rings. The molecule has 2 bridgehead atoms. The van der Waals surface area contributed by atoms with Crippen LogP contribution < -0.4 is 11.2 Å². The van der Waals surface area contributed by atoms with Crippen LogP contribution in [0.1, 0.15) is 40.3 Å². The molecule has 6 nitrogen and oxygen atoms in total. The van der Waals surface area contributed by atoms with E-state index in [4.69, 9.17) is 4.42 Å². The summed E-state index contributed by atoms with van der Waals surface area (Å²) in [6, 6.07) is 19.0. The zero-order valence-corrected chi connectivity index (χ0v) is 19.7. The van der Waals surface area contributed by atoms with Gasteiger partial charge in [-0.25, -0.2) is 4.79 Å². The number of benzene rings is 2. The van der Waals surface area contributed by atoms with Crippen molar-refractivity contribution >= 4 is 11.0 Å². The van der Waals surface area contributed by atoms with E-state index in [1.165, 1.54) is 0 Å². The molecule has 2 aliphatic rings. The number of aromatic hydroxyl groups is 1. The van der Waals surface area contributed by atoms with Crippen molar-refractivity contribution in [2.45, 2.75) is 38.8 Å². The Bertz CT molecular complexity index is 1540. The van der Waals surface area contributed by atoms with E-state index < -0.39 is 0 Å². The molecule has 0 unspecified atom stereocenters. The smallest absolute Gasteiger partial charge is 0.340 e. The van der Waals surface area contributed by atoms with E-state index in [2.05, 4.69) is 11.0 Å². The van der Waals surface area contributed by atoms with E-state index >= 15 is 0 Å². The van der Waals surface area contributed by atoms with Crippen LogP contribution in [-0.4, -0.2) is 27.7 Å². The van der Waals surface area contributed by atoms with E-state index in [0.717, 1.165) is 48.3 Å². The van der Waals surface area contributed by atoms with Crippen molar-refractivity contribution in [2.24, 2.45) is 5.92 Å². The molecular weight excluding hydrogens is 440 g/mol. The van der Waals surface area contributed by atoms with Gasteiger partial charge in [-0.15, -0.1) is 0 Å². The summed E-state index contributed by atoms with van der Waals surface area (Å²) in [7, 11) is 0. The van der Waals surface area contributed by atoms with Gasteiger partial charge in [0.2, 0.25) is 0 Å². The lowest BCUT2D eigenvalue weighted by molar-refractivity contribution is 0.113. The summed E-state index contributed by atoms with van der Waals surface area (Å²) >= 11 is 0. The first-order valence-corrected chi connectivity index (χ1v) is 12.2. The maximum atomic E-state index is 13.0. The minimum absolute atomic E-state index is 0.0703. The summed E-state index contributed by atoms with van der Waals surface area (Å²) in [5, 5.41) is 11.6. The normalized spacial score (nSPS) is 19.6. The van der Waals surface area contributed by atoms with E-state index in [0.29, 0.717) is 35.6 Å². The summed E-state index contributed by atoms with van der Waals surface area (Å²) in [6.45, 7) is 4.81. The van der Waals surface area contributed by atoms with Crippen LogP contribution in [0.25, 0.3) is 11.0 Å². The van der Waals surface area contributed by atoms with Gasteiger partial charge in [0.05, 0.1) is 5.56 Å². The van der Waals surface area contributed by atoms with Crippen molar-refractivity contribution in [1.82, 2.24) is 9.47 Å². The van der Waals surface area contributed by atoms with Crippen LogP contribution in [0.5, 0.6) is 5.75 Å². The molecule has 0 spiro atoms. The Hall–Kier alpha value is -3.64. The molecule has 1 saturated heterocycles. The number of hydrogen-bond acceptors (Lipinski definition) is 5. The molecule has 35 heavy (non-hydrogen) atoms. The van der Waals surface area contributed by atoms with Gasteiger partial charge in [0.15, 0.2) is 0 Å². The maximum absolute atomic E-state index is 13.0. The summed E-state index contributed by atoms with van der Waals surface area (Å²) in [5.74, 6) is 0.799. The Balaban J connectivity index is 1.34. The Morgan fingerprint density at radius 1 is 0.943 bits per heavy atom. The van der Waals surface area contributed by atoms with Crippen molar-refractivity contribution in [3.05, 3.63) is 109 Å². The number of aromatic nitrogens is 1. The zero-order valence-electron chi connectivity index (χ0n) is 19.7. The summed E-state index contributed by atoms with van der Waals surface area (Å²) in [5.41, 5.74) is 4.53. The third kappa shape index (κ3) is 3.88. The first kappa shape index (κ1) is 21.9. The standard InChI is InChI=1S/C29H28N2O4/c1-18-22-10-11-26(32)24(28(22)35-29(34)23(18)13-19-6-3-2-4-7-19)17-30-14-20-12-21(16-30)25-8-5-9-27(33)31(25)15-20/h2-11,20-21,32H,12-17H2,1H3/t20-,21+/m1/s1. The van der Waals surface area contributed by atoms with Gasteiger partial charge >= 0.3 is 5.63 Å². The van der Waals surface area contributed by atoms with Gasteiger partial charge in [0, 0.05) is 61.2 Å². The van der Waals surface area contributed by atoms with E-state index in [1.807, 2.05) is 54.0 Å². The third-order valence-electron chi connectivity index (χ3n) is 7.69. The topological polar surface area (TPSA) is 75.7 Å². The number of fused-ring (bicyclic) bond motifs is 5. The van der Waals surface area contributed by atoms with Crippen LogP contribution >= 0.6 is 0 Å². The molecular formula is C29H28N2O4. The molecule has 6 heteroatoms. The number of hydrogen-bond donors (Lipinski definition) is 1. The largest absolute Gasteiger partial charge is 0.507 e. The number of phenols is 1. The van der Waals surface area contributed by atoms with Crippen molar-refractivity contribution in [3.8, 4) is 5.75 Å². The molecule has 0 amide bonds. The second-order valence-electron chi connectivity index (χ2n) is 9.99. The van der Waals surface area contributed by atoms with Crippen LogP contribution in [0.4, 0.5) is 0 Å². The minimum Gasteiger partial charge on any atom is -0.507 e. The van der Waals surface area contributed by atoms with E-state index in [-0.39, 0.29) is 22.9 Å². The van der Waals surface area contributed by atoms with Crippen LogP contribution in [0, 0.1) is 12.8 Å². The monoisotopic (exact) mass is 468 g/mol. The molecule has 0 saturated carbocycles. The Labute approximate surface area is 203 Å². The molecule has 2 aliphatic heterocycles. The van der Waals surface area contributed by atoms with Crippen molar-refractivity contribution in [1.29, 1.82) is 0 Å². The Kier molecular flexibility index (Phi) is 5.33. The lowest BCUT2D eigenvalue weighted by Gasteiger charge is -2.42. The SMILES string of the molecule is Cc1c(Cc2ccccc2)c(=O)oc2c(CN3C[C@H]4C[C@@H](C3)c3cccc(=O)n3C4)c(O)ccc12. The van der Waals surface area contributed by atoms with Gasteiger partial charge in [-0.05, 0) is 48.6 Å². The maximum Gasteiger partial charge on any atom is 0.340 e. The van der Waals surface area contributed by atoms with Crippen LogP contribution in [-0.2, 0) is 19.5 Å². The van der Waals surface area contributed by atoms with Gasteiger partial charge in [-0.3, -0.25) is 9.69 Å². The fourth-order valence-electron chi connectivity index (χ4n) is 6.01. The number of phenolic OH excluding ortho intramolecular Hbond substituents is 1. The third-order valence-corrected chi connectivity index (χ3v) is 7.69. The Morgan fingerprint density at radius 2 is 1.77 bits per heavy atom. The quantitative estimate of drug-likeness (QED) is 0.455. The predicted octanol–water partition coefficient (Wildman–Crippen LogP) is 4.18. The first-order valence-electron chi connectivity index (χ1n) is 12.2. The average molecular weight is 469 g/mol. The van der Waals surface area contributed by atoms with Crippen LogP contribution in [0.2, 0.25) is 0 Å². The van der Waals surface area contributed by atoms with Crippen LogP contribution in [0.3, 0.4) is 0 Å². The molecule has 0 radical (unpaired) electrons. The zero-order chi connectivity index (χ0) is 24.1. The first-order chi connectivity index (χ1) is 17.0. The number of aryl methyl sites for hydroxylation is 1. The van der Waals surface area contributed by atoms with Gasteiger partial charge in [0.25, 0.3) is 5.56 Å². The van der Waals surface area contributed by atoms with Gasteiger partial charge in [0.1, 0.15) is 11.3 Å². The molecule has 2 aromatic heterocycles.